The Kier molecular flexibility index (Phi) is 5.65. The lowest BCUT2D eigenvalue weighted by molar-refractivity contribution is -0.384. The molecule has 4 rings (SSSR count). The molecular formula is C22H20N4O5. The lowest BCUT2D eigenvalue weighted by atomic mass is 10.1. The Labute approximate surface area is 177 Å². The lowest BCUT2D eigenvalue weighted by Gasteiger charge is -2.17. The van der Waals surface area contributed by atoms with Crippen molar-refractivity contribution in [2.24, 2.45) is 0 Å². The topological polar surface area (TPSA) is 118 Å². The predicted molar refractivity (Wildman–Crippen MR) is 116 cm³/mol. The van der Waals surface area contributed by atoms with E-state index in [1.165, 1.54) is 12.3 Å². The highest BCUT2D eigenvalue weighted by Gasteiger charge is 2.24. The maximum atomic E-state index is 12.7. The molecule has 3 aromatic rings. The molecule has 0 radical (unpaired) electrons. The molecule has 1 aliphatic rings. The van der Waals surface area contributed by atoms with Crippen LogP contribution in [0.5, 0.6) is 0 Å². The SMILES string of the molecule is O=C(Nc1cccc(NC(=O)c2ccco2)c1)c1ccc(N2CCCC2)c([N+](=O)[O-])c1. The van der Waals surface area contributed by atoms with Crippen LogP contribution in [0, 0.1) is 10.1 Å². The van der Waals surface area contributed by atoms with Crippen LogP contribution in [0.2, 0.25) is 0 Å². The zero-order valence-electron chi connectivity index (χ0n) is 16.5. The average molecular weight is 420 g/mol. The fraction of sp³-hybridized carbons (Fsp3) is 0.182. The van der Waals surface area contributed by atoms with Gasteiger partial charge in [0, 0.05) is 36.1 Å². The van der Waals surface area contributed by atoms with Gasteiger partial charge >= 0.3 is 0 Å². The van der Waals surface area contributed by atoms with Crippen LogP contribution in [-0.2, 0) is 0 Å². The third-order valence-electron chi connectivity index (χ3n) is 5.00. The van der Waals surface area contributed by atoms with Crippen LogP contribution in [-0.4, -0.2) is 29.8 Å². The summed E-state index contributed by atoms with van der Waals surface area (Å²) in [7, 11) is 0. The number of nitrogens with zero attached hydrogens (tertiary/aromatic N) is 2. The van der Waals surface area contributed by atoms with Gasteiger partial charge in [-0.3, -0.25) is 19.7 Å². The van der Waals surface area contributed by atoms with Crippen molar-refractivity contribution < 1.29 is 18.9 Å². The highest BCUT2D eigenvalue weighted by atomic mass is 16.6. The van der Waals surface area contributed by atoms with E-state index in [9.17, 15) is 19.7 Å². The molecule has 0 saturated carbocycles. The maximum Gasteiger partial charge on any atom is 0.293 e. The molecule has 9 nitrogen and oxygen atoms in total. The highest BCUT2D eigenvalue weighted by molar-refractivity contribution is 6.06. The number of carbonyl (C=O) groups excluding carboxylic acids is 2. The molecule has 0 unspecified atom stereocenters. The summed E-state index contributed by atoms with van der Waals surface area (Å²) < 4.78 is 5.06. The van der Waals surface area contributed by atoms with Gasteiger partial charge in [0.1, 0.15) is 5.69 Å². The molecule has 9 heteroatoms. The van der Waals surface area contributed by atoms with Gasteiger partial charge in [-0.25, -0.2) is 0 Å². The van der Waals surface area contributed by atoms with Gasteiger partial charge in [0.05, 0.1) is 11.2 Å². The number of furan rings is 1. The van der Waals surface area contributed by atoms with E-state index >= 15 is 0 Å². The molecule has 31 heavy (non-hydrogen) atoms. The number of benzene rings is 2. The molecule has 1 fully saturated rings. The molecule has 2 heterocycles. The van der Waals surface area contributed by atoms with Crippen molar-refractivity contribution in [2.75, 3.05) is 28.6 Å². The molecule has 0 atom stereocenters. The van der Waals surface area contributed by atoms with Crippen molar-refractivity contribution in [3.63, 3.8) is 0 Å². The van der Waals surface area contributed by atoms with Crippen molar-refractivity contribution in [1.29, 1.82) is 0 Å². The number of hydrogen-bond donors (Lipinski definition) is 2. The summed E-state index contributed by atoms with van der Waals surface area (Å²) in [6.07, 6.45) is 3.39. The van der Waals surface area contributed by atoms with E-state index in [2.05, 4.69) is 10.6 Å². The molecule has 0 aliphatic carbocycles. The van der Waals surface area contributed by atoms with Gasteiger partial charge in [0.25, 0.3) is 17.5 Å². The van der Waals surface area contributed by atoms with E-state index in [-0.39, 0.29) is 17.0 Å². The highest BCUT2D eigenvalue weighted by Crippen LogP contribution is 2.32. The maximum absolute atomic E-state index is 12.7. The summed E-state index contributed by atoms with van der Waals surface area (Å²) in [6.45, 7) is 1.53. The van der Waals surface area contributed by atoms with Crippen molar-refractivity contribution >= 4 is 34.6 Å². The molecule has 158 valence electrons. The van der Waals surface area contributed by atoms with Crippen LogP contribution in [0.25, 0.3) is 0 Å². The van der Waals surface area contributed by atoms with Crippen molar-refractivity contribution in [1.82, 2.24) is 0 Å². The van der Waals surface area contributed by atoms with Gasteiger partial charge < -0.3 is 20.0 Å². The summed E-state index contributed by atoms with van der Waals surface area (Å²) in [6, 6.07) is 14.2. The van der Waals surface area contributed by atoms with Crippen LogP contribution >= 0.6 is 0 Å². The first-order valence-electron chi connectivity index (χ1n) is 9.81. The van der Waals surface area contributed by atoms with E-state index in [0.717, 1.165) is 25.9 Å². The standard InChI is InChI=1S/C22H20N4O5/c27-21(15-8-9-18(19(13-15)26(29)30)25-10-1-2-11-25)23-16-5-3-6-17(14-16)24-22(28)20-7-4-12-31-20/h3-9,12-14H,1-2,10-11H2,(H,23,27)(H,24,28). The van der Waals surface area contributed by atoms with Crippen molar-refractivity contribution in [3.8, 4) is 0 Å². The lowest BCUT2D eigenvalue weighted by Crippen LogP contribution is -2.20. The number of hydrogen-bond acceptors (Lipinski definition) is 6. The summed E-state index contributed by atoms with van der Waals surface area (Å²) in [5.41, 5.74) is 1.53. The van der Waals surface area contributed by atoms with Crippen molar-refractivity contribution in [3.05, 3.63) is 82.3 Å². The number of carbonyl (C=O) groups is 2. The van der Waals surface area contributed by atoms with E-state index in [0.29, 0.717) is 17.1 Å². The van der Waals surface area contributed by atoms with Crippen LogP contribution in [0.15, 0.2) is 65.3 Å². The first kappa shape index (κ1) is 20.1. The summed E-state index contributed by atoms with van der Waals surface area (Å²) in [5.74, 6) is -0.730. The Balaban J connectivity index is 1.49. The van der Waals surface area contributed by atoms with Gasteiger partial charge in [0.2, 0.25) is 0 Å². The van der Waals surface area contributed by atoms with Crippen LogP contribution in [0.3, 0.4) is 0 Å². The van der Waals surface area contributed by atoms with Crippen molar-refractivity contribution in [2.45, 2.75) is 12.8 Å². The number of anilines is 3. The first-order valence-corrected chi connectivity index (χ1v) is 9.81. The third-order valence-corrected chi connectivity index (χ3v) is 5.00. The van der Waals surface area contributed by atoms with Crippen LogP contribution in [0.4, 0.5) is 22.7 Å². The van der Waals surface area contributed by atoms with E-state index < -0.39 is 16.7 Å². The minimum absolute atomic E-state index is 0.0889. The third kappa shape index (κ3) is 4.55. The second-order valence-corrected chi connectivity index (χ2v) is 7.12. The molecule has 0 spiro atoms. The molecule has 0 bridgehead atoms. The van der Waals surface area contributed by atoms with Crippen LogP contribution in [0.1, 0.15) is 33.8 Å². The van der Waals surface area contributed by atoms with E-state index in [4.69, 9.17) is 4.42 Å². The van der Waals surface area contributed by atoms with Gasteiger partial charge in [-0.1, -0.05) is 6.07 Å². The minimum Gasteiger partial charge on any atom is -0.459 e. The summed E-state index contributed by atoms with van der Waals surface area (Å²) >= 11 is 0. The zero-order chi connectivity index (χ0) is 21.8. The number of amides is 2. The quantitative estimate of drug-likeness (QED) is 0.454. The van der Waals surface area contributed by atoms with E-state index in [1.54, 1.807) is 48.5 Å². The Morgan fingerprint density at radius 2 is 1.65 bits per heavy atom. The summed E-state index contributed by atoms with van der Waals surface area (Å²) in [5, 5.41) is 16.9. The molecule has 1 aliphatic heterocycles. The van der Waals surface area contributed by atoms with Gasteiger partial charge in [-0.15, -0.1) is 0 Å². The Bertz CT molecular complexity index is 1120. The van der Waals surface area contributed by atoms with Crippen LogP contribution < -0.4 is 15.5 Å². The average Bonchev–Trinajstić information content (AvgIpc) is 3.48. The number of nitro groups is 1. The molecular weight excluding hydrogens is 400 g/mol. The normalized spacial score (nSPS) is 13.1. The monoisotopic (exact) mass is 420 g/mol. The molecule has 1 aromatic heterocycles. The molecule has 2 aromatic carbocycles. The summed E-state index contributed by atoms with van der Waals surface area (Å²) in [4.78, 5) is 37.9. The Morgan fingerprint density at radius 3 is 2.29 bits per heavy atom. The largest absolute Gasteiger partial charge is 0.459 e. The zero-order valence-corrected chi connectivity index (χ0v) is 16.5. The Morgan fingerprint density at radius 1 is 0.935 bits per heavy atom. The fourth-order valence-corrected chi connectivity index (χ4v) is 3.51. The van der Waals surface area contributed by atoms with Gasteiger partial charge in [-0.2, -0.15) is 0 Å². The fourth-order valence-electron chi connectivity index (χ4n) is 3.51. The second kappa shape index (κ2) is 8.70. The molecule has 1 saturated heterocycles. The van der Waals surface area contributed by atoms with E-state index in [1.807, 2.05) is 4.90 Å². The minimum atomic E-state index is -0.481. The number of rotatable bonds is 6. The molecule has 2 N–H and O–H groups in total. The molecule has 2 amide bonds. The van der Waals surface area contributed by atoms with Gasteiger partial charge in [0.15, 0.2) is 5.76 Å². The number of nitro benzene ring substituents is 1. The Hall–Kier alpha value is -4.14. The first-order chi connectivity index (χ1) is 15.0. The second-order valence-electron chi connectivity index (χ2n) is 7.12. The van der Waals surface area contributed by atoms with Gasteiger partial charge in [-0.05, 0) is 55.3 Å². The number of nitrogens with one attached hydrogen (secondary N) is 2. The predicted octanol–water partition coefficient (Wildman–Crippen LogP) is 4.29. The smallest absolute Gasteiger partial charge is 0.293 e.